The van der Waals surface area contributed by atoms with Crippen LogP contribution in [0.15, 0.2) is 36.4 Å². The summed E-state index contributed by atoms with van der Waals surface area (Å²) in [4.78, 5) is 0. The Bertz CT molecular complexity index is 903. The van der Waals surface area contributed by atoms with Crippen LogP contribution in [-0.4, -0.2) is 23.4 Å². The predicted octanol–water partition coefficient (Wildman–Crippen LogP) is 7.75. The first-order chi connectivity index (χ1) is 16.2. The molecule has 2 aromatic rings. The second kappa shape index (κ2) is 15.1. The summed E-state index contributed by atoms with van der Waals surface area (Å²) >= 11 is 3.08. The Hall–Kier alpha value is -0.397. The average molecular weight is 668 g/mol. The van der Waals surface area contributed by atoms with Gasteiger partial charge in [-0.1, -0.05) is 47.6 Å². The zero-order chi connectivity index (χ0) is 26.8. The Balaban J connectivity index is 0.000000284. The number of benzene rings is 2. The van der Waals surface area contributed by atoms with Gasteiger partial charge < -0.3 is 26.6 Å². The second-order valence-electron chi connectivity index (χ2n) is 11.2. The fourth-order valence-corrected chi connectivity index (χ4v) is 4.01. The summed E-state index contributed by atoms with van der Waals surface area (Å²) in [6.07, 6.45) is 1.72. The number of hydrogen-bond donors (Lipinski definition) is 2. The monoisotopic (exact) mass is 666 g/mol. The molecule has 2 aliphatic heterocycles. The molecule has 0 saturated heterocycles. The third-order valence-electron chi connectivity index (χ3n) is 4.80. The van der Waals surface area contributed by atoms with Gasteiger partial charge in [0.1, 0.15) is 11.5 Å². The van der Waals surface area contributed by atoms with Gasteiger partial charge in [-0.15, -0.1) is 0 Å². The standard InChI is InChI=1S/C14H20O2.C9H9IO2.C5H11.ClH.Zn/c1-14(2,3)9-10-4-5-13-11(8-10)12(15)6-7-16-13;10-6-1-2-9-7(5-6)8(11)3-4-12-9;1-5(2,3)4;;/h4-5,8,12,15H,6-7,9H2,1-3H3;1-2,5,8,11H,3-4H2;1H2,2-4H3;1H;/q;;-1;;+2/p-1. The van der Waals surface area contributed by atoms with Gasteiger partial charge in [-0.3, -0.25) is 0 Å². The van der Waals surface area contributed by atoms with Crippen LogP contribution in [-0.2, 0) is 23.7 Å². The SMILES string of the molecule is CC(C)(C)Cc1ccc2c(c1)C(O)CCO2.OC1CCOc2ccc(I)cc21.[CH2-]C(C)(C)C.[Cl][Zn+]. The molecule has 0 spiro atoms. The first-order valence-corrected chi connectivity index (χ1v) is 16.9. The van der Waals surface area contributed by atoms with E-state index < -0.39 is 0 Å². The average Bonchev–Trinajstić information content (AvgIpc) is 2.75. The molecule has 0 radical (unpaired) electrons. The van der Waals surface area contributed by atoms with Crippen molar-refractivity contribution in [2.75, 3.05) is 13.2 Å². The molecule has 2 N–H and O–H groups in total. The van der Waals surface area contributed by atoms with Crippen LogP contribution < -0.4 is 9.47 Å². The number of aliphatic hydroxyl groups excluding tert-OH is 2. The third kappa shape index (κ3) is 13.1. The molecule has 2 unspecified atom stereocenters. The molecule has 2 aromatic carbocycles. The minimum atomic E-state index is -0.358. The van der Waals surface area contributed by atoms with E-state index in [4.69, 9.17) is 19.2 Å². The van der Waals surface area contributed by atoms with Crippen molar-refractivity contribution in [1.82, 2.24) is 0 Å². The van der Waals surface area contributed by atoms with Crippen LogP contribution >= 0.6 is 32.3 Å². The Morgan fingerprint density at radius 1 is 0.886 bits per heavy atom. The van der Waals surface area contributed by atoms with E-state index in [0.717, 1.165) is 49.9 Å². The maximum atomic E-state index is 9.90. The molecule has 0 aromatic heterocycles. The summed E-state index contributed by atoms with van der Waals surface area (Å²) in [6, 6.07) is 12.0. The van der Waals surface area contributed by atoms with E-state index >= 15 is 0 Å². The van der Waals surface area contributed by atoms with E-state index in [9.17, 15) is 10.2 Å². The molecule has 0 saturated carbocycles. The summed E-state index contributed by atoms with van der Waals surface area (Å²) in [5.74, 6) is 1.67. The van der Waals surface area contributed by atoms with Crippen LogP contribution in [0.1, 0.15) is 83.3 Å². The van der Waals surface area contributed by atoms with Crippen LogP contribution in [0.5, 0.6) is 11.5 Å². The van der Waals surface area contributed by atoms with E-state index in [1.165, 1.54) is 5.56 Å². The molecule has 4 rings (SSSR count). The number of hydrogen-bond acceptors (Lipinski definition) is 4. The van der Waals surface area contributed by atoms with Gasteiger partial charge in [0.25, 0.3) is 0 Å². The third-order valence-corrected chi connectivity index (χ3v) is 5.47. The molecule has 7 heteroatoms. The molecule has 0 amide bonds. The van der Waals surface area contributed by atoms with Crippen LogP contribution in [0.2, 0.25) is 0 Å². The zero-order valence-electron chi connectivity index (χ0n) is 22.0. The normalized spacial score (nSPS) is 18.4. The molecule has 2 heterocycles. The quantitative estimate of drug-likeness (QED) is 0.186. The molecule has 0 bridgehead atoms. The first kappa shape index (κ1) is 32.6. The Kier molecular flexibility index (Phi) is 14.1. The van der Waals surface area contributed by atoms with Gasteiger partial charge in [-0.2, -0.15) is 5.41 Å². The van der Waals surface area contributed by atoms with Crippen molar-refractivity contribution >= 4 is 32.3 Å². The second-order valence-corrected chi connectivity index (χ2v) is 12.4. The molecule has 192 valence electrons. The van der Waals surface area contributed by atoms with Gasteiger partial charge in [0.15, 0.2) is 0 Å². The maximum absolute atomic E-state index is 9.90. The van der Waals surface area contributed by atoms with E-state index in [2.05, 4.69) is 83.2 Å². The molecular weight excluding hydrogens is 628 g/mol. The van der Waals surface area contributed by atoms with Crippen molar-refractivity contribution in [3.05, 3.63) is 63.6 Å². The summed E-state index contributed by atoms with van der Waals surface area (Å²) in [5.41, 5.74) is 3.67. The fraction of sp³-hybridized carbons (Fsp3) is 0.536. The van der Waals surface area contributed by atoms with Gasteiger partial charge in [0.05, 0.1) is 25.4 Å². The van der Waals surface area contributed by atoms with Crippen molar-refractivity contribution < 1.29 is 37.0 Å². The molecule has 2 aliphatic rings. The molecule has 4 nitrogen and oxygen atoms in total. The summed E-state index contributed by atoms with van der Waals surface area (Å²) in [7, 11) is 4.76. The number of ether oxygens (including phenoxy) is 2. The van der Waals surface area contributed by atoms with Gasteiger partial charge in [-0.05, 0) is 70.3 Å². The summed E-state index contributed by atoms with van der Waals surface area (Å²) in [5, 5.41) is 19.5. The van der Waals surface area contributed by atoms with E-state index in [0.29, 0.717) is 26.1 Å². The van der Waals surface area contributed by atoms with Crippen molar-refractivity contribution in [2.45, 2.75) is 73.0 Å². The van der Waals surface area contributed by atoms with Crippen LogP contribution in [0.4, 0.5) is 0 Å². The fourth-order valence-electron chi connectivity index (χ4n) is 3.50. The predicted molar refractivity (Wildman–Crippen MR) is 150 cm³/mol. The molecule has 0 aliphatic carbocycles. The van der Waals surface area contributed by atoms with E-state index in [1.54, 1.807) is 0 Å². The van der Waals surface area contributed by atoms with Gasteiger partial charge in [0, 0.05) is 27.5 Å². The summed E-state index contributed by atoms with van der Waals surface area (Å²) < 4.78 is 12.0. The zero-order valence-corrected chi connectivity index (χ0v) is 27.9. The first-order valence-electron chi connectivity index (χ1n) is 11.9. The van der Waals surface area contributed by atoms with Crippen LogP contribution in [0.25, 0.3) is 0 Å². The molecular formula is C28H40ClIO4Zn. The minimum absolute atomic E-state index is 0.250. The number of rotatable bonds is 1. The number of halogens is 2. The summed E-state index contributed by atoms with van der Waals surface area (Å²) in [6.45, 7) is 17.9. The Morgan fingerprint density at radius 3 is 1.77 bits per heavy atom. The van der Waals surface area contributed by atoms with E-state index in [-0.39, 0.29) is 23.0 Å². The van der Waals surface area contributed by atoms with Gasteiger partial charge in [-0.25, -0.2) is 0 Å². The van der Waals surface area contributed by atoms with Crippen LogP contribution in [0, 0.1) is 21.3 Å². The van der Waals surface area contributed by atoms with Crippen molar-refractivity contribution in [2.24, 2.45) is 10.8 Å². The van der Waals surface area contributed by atoms with Crippen molar-refractivity contribution in [3.63, 3.8) is 0 Å². The van der Waals surface area contributed by atoms with E-state index in [1.807, 2.05) is 24.3 Å². The number of aliphatic hydroxyl groups is 2. The topological polar surface area (TPSA) is 58.9 Å². The number of fused-ring (bicyclic) bond motifs is 2. The molecule has 2 atom stereocenters. The van der Waals surface area contributed by atoms with Gasteiger partial charge >= 0.3 is 27.0 Å². The molecule has 35 heavy (non-hydrogen) atoms. The molecule has 0 fully saturated rings. The van der Waals surface area contributed by atoms with Crippen molar-refractivity contribution in [1.29, 1.82) is 0 Å². The Morgan fingerprint density at radius 2 is 1.31 bits per heavy atom. The van der Waals surface area contributed by atoms with Crippen molar-refractivity contribution in [3.8, 4) is 11.5 Å². The van der Waals surface area contributed by atoms with Crippen LogP contribution in [0.3, 0.4) is 0 Å². The Labute approximate surface area is 240 Å². The van der Waals surface area contributed by atoms with Gasteiger partial charge in [0.2, 0.25) is 0 Å².